The Labute approximate surface area is 231 Å². The van der Waals surface area contributed by atoms with Gasteiger partial charge in [-0.1, -0.05) is 18.2 Å². The van der Waals surface area contributed by atoms with Gasteiger partial charge in [0.2, 0.25) is 0 Å². The molecule has 7 rings (SSSR count). The average Bonchev–Trinajstić information content (AvgIpc) is 3.74. The first-order chi connectivity index (χ1) is 19.7. The highest BCUT2D eigenvalue weighted by atomic mass is 19.1. The number of aromatic nitrogens is 5. The summed E-state index contributed by atoms with van der Waals surface area (Å²) in [5, 5.41) is 9.99. The van der Waals surface area contributed by atoms with Crippen molar-refractivity contribution in [1.82, 2.24) is 29.2 Å². The third-order valence-corrected chi connectivity index (χ3v) is 7.72. The van der Waals surface area contributed by atoms with Crippen LogP contribution in [-0.2, 0) is 13.1 Å². The van der Waals surface area contributed by atoms with Gasteiger partial charge in [0.1, 0.15) is 18.0 Å². The van der Waals surface area contributed by atoms with Gasteiger partial charge >= 0.3 is 0 Å². The number of fused-ring (bicyclic) bond motifs is 2. The summed E-state index contributed by atoms with van der Waals surface area (Å²) in [7, 11) is 0. The molecule has 1 fully saturated rings. The van der Waals surface area contributed by atoms with Crippen molar-refractivity contribution in [3.05, 3.63) is 103 Å². The number of halogens is 1. The zero-order chi connectivity index (χ0) is 26.9. The van der Waals surface area contributed by atoms with E-state index in [1.807, 2.05) is 29.1 Å². The molecule has 0 atom stereocenters. The van der Waals surface area contributed by atoms with E-state index in [0.717, 1.165) is 57.5 Å². The number of benzene rings is 3. The van der Waals surface area contributed by atoms with E-state index >= 15 is 0 Å². The van der Waals surface area contributed by atoms with E-state index in [1.165, 1.54) is 37.6 Å². The molecule has 200 valence electrons. The van der Waals surface area contributed by atoms with Crippen molar-refractivity contribution in [3.63, 3.8) is 0 Å². The predicted octanol–water partition coefficient (Wildman–Crippen LogP) is 6.47. The highest BCUT2D eigenvalue weighted by Crippen LogP contribution is 2.30. The summed E-state index contributed by atoms with van der Waals surface area (Å²) in [5.74, 6) is 0.516. The van der Waals surface area contributed by atoms with Crippen molar-refractivity contribution in [2.24, 2.45) is 0 Å². The Morgan fingerprint density at radius 2 is 1.80 bits per heavy atom. The van der Waals surface area contributed by atoms with E-state index in [9.17, 15) is 4.39 Å². The molecule has 1 N–H and O–H groups in total. The first-order valence-corrected chi connectivity index (χ1v) is 13.8. The smallest absolute Gasteiger partial charge is 0.141 e. The molecule has 3 aromatic heterocycles. The van der Waals surface area contributed by atoms with E-state index in [4.69, 9.17) is 0 Å². The number of likely N-dealkylation sites (tertiary alicyclic amines) is 1. The Kier molecular flexibility index (Phi) is 6.45. The van der Waals surface area contributed by atoms with Crippen LogP contribution in [0.4, 0.5) is 15.9 Å². The maximum atomic E-state index is 13.6. The fourth-order valence-corrected chi connectivity index (χ4v) is 5.59. The zero-order valence-corrected chi connectivity index (χ0v) is 22.2. The molecule has 1 aliphatic heterocycles. The van der Waals surface area contributed by atoms with E-state index < -0.39 is 0 Å². The molecule has 0 unspecified atom stereocenters. The first kappa shape index (κ1) is 24.5. The zero-order valence-electron chi connectivity index (χ0n) is 22.2. The number of rotatable bonds is 8. The quantitative estimate of drug-likeness (QED) is 0.244. The molecular formula is C32H30FN7. The summed E-state index contributed by atoms with van der Waals surface area (Å²) in [5.41, 5.74) is 5.98. The minimum Gasteiger partial charge on any atom is -0.352 e. The monoisotopic (exact) mass is 531 g/mol. The molecule has 3 aromatic carbocycles. The standard InChI is InChI=1S/C32H30FN7/c33-27-5-3-4-23(16-27)20-40-31-9-7-28(17-26(31)19-36-40)37-32-29-18-24(6-8-30(29)34-22-35-32)25-10-13-39(21-25)15-14-38-11-1-2-12-38/h3-10,13,16-19,21-22H,1-2,11-12,14-15,20H2,(H,34,35,37). The van der Waals surface area contributed by atoms with Crippen LogP contribution in [-0.4, -0.2) is 48.8 Å². The van der Waals surface area contributed by atoms with E-state index in [2.05, 4.69) is 72.6 Å². The van der Waals surface area contributed by atoms with Crippen LogP contribution >= 0.6 is 0 Å². The van der Waals surface area contributed by atoms with Crippen LogP contribution in [0.2, 0.25) is 0 Å². The third kappa shape index (κ3) is 5.05. The van der Waals surface area contributed by atoms with Crippen molar-refractivity contribution in [2.45, 2.75) is 25.9 Å². The number of anilines is 2. The lowest BCUT2D eigenvalue weighted by Crippen LogP contribution is -2.23. The second-order valence-corrected chi connectivity index (χ2v) is 10.5. The van der Waals surface area contributed by atoms with Crippen LogP contribution in [0, 0.1) is 5.82 Å². The average molecular weight is 532 g/mol. The van der Waals surface area contributed by atoms with Gasteiger partial charge in [-0.2, -0.15) is 5.10 Å². The molecule has 1 aliphatic rings. The lowest BCUT2D eigenvalue weighted by atomic mass is 10.1. The number of nitrogens with zero attached hydrogens (tertiary/aromatic N) is 6. The van der Waals surface area contributed by atoms with Gasteiger partial charge in [-0.15, -0.1) is 0 Å². The maximum Gasteiger partial charge on any atom is 0.141 e. The highest BCUT2D eigenvalue weighted by molar-refractivity contribution is 5.94. The van der Waals surface area contributed by atoms with Crippen LogP contribution < -0.4 is 5.32 Å². The largest absolute Gasteiger partial charge is 0.352 e. The summed E-state index contributed by atoms with van der Waals surface area (Å²) in [6.45, 7) is 5.05. The fourth-order valence-electron chi connectivity index (χ4n) is 5.59. The number of hydrogen-bond donors (Lipinski definition) is 1. The Hall–Kier alpha value is -4.56. The van der Waals surface area contributed by atoms with E-state index in [0.29, 0.717) is 6.54 Å². The summed E-state index contributed by atoms with van der Waals surface area (Å²) in [6.07, 6.45) is 10.5. The van der Waals surface area contributed by atoms with Crippen LogP contribution in [0.3, 0.4) is 0 Å². The van der Waals surface area contributed by atoms with Crippen LogP contribution in [0.15, 0.2) is 91.6 Å². The Balaban J connectivity index is 1.12. The molecule has 6 aromatic rings. The summed E-state index contributed by atoms with van der Waals surface area (Å²) >= 11 is 0. The summed E-state index contributed by atoms with van der Waals surface area (Å²) < 4.78 is 17.8. The minimum absolute atomic E-state index is 0.240. The molecular weight excluding hydrogens is 501 g/mol. The van der Waals surface area contributed by atoms with Crippen molar-refractivity contribution in [1.29, 1.82) is 0 Å². The molecule has 0 amide bonds. The molecule has 0 saturated carbocycles. The third-order valence-electron chi connectivity index (χ3n) is 7.72. The van der Waals surface area contributed by atoms with Gasteiger partial charge in [-0.05, 0) is 91.2 Å². The topological polar surface area (TPSA) is 63.8 Å². The van der Waals surface area contributed by atoms with Crippen molar-refractivity contribution in [2.75, 3.05) is 25.0 Å². The summed E-state index contributed by atoms with van der Waals surface area (Å²) in [4.78, 5) is 11.6. The molecule has 1 saturated heterocycles. The molecule has 7 nitrogen and oxygen atoms in total. The Morgan fingerprint density at radius 1 is 0.875 bits per heavy atom. The van der Waals surface area contributed by atoms with Gasteiger partial charge in [0, 0.05) is 41.9 Å². The maximum absolute atomic E-state index is 13.6. The van der Waals surface area contributed by atoms with E-state index in [1.54, 1.807) is 18.5 Å². The van der Waals surface area contributed by atoms with Crippen molar-refractivity contribution < 1.29 is 4.39 Å². The van der Waals surface area contributed by atoms with Crippen molar-refractivity contribution >= 4 is 33.3 Å². The van der Waals surface area contributed by atoms with Gasteiger partial charge in [0.25, 0.3) is 0 Å². The van der Waals surface area contributed by atoms with E-state index in [-0.39, 0.29) is 5.82 Å². The predicted molar refractivity (Wildman–Crippen MR) is 157 cm³/mol. The van der Waals surface area contributed by atoms with Gasteiger partial charge < -0.3 is 14.8 Å². The Bertz CT molecular complexity index is 1800. The fraction of sp³-hybridized carbons (Fsp3) is 0.219. The lowest BCUT2D eigenvalue weighted by Gasteiger charge is -2.14. The normalized spacial score (nSPS) is 13.9. The second-order valence-electron chi connectivity index (χ2n) is 10.5. The van der Waals surface area contributed by atoms with Crippen LogP contribution in [0.25, 0.3) is 32.9 Å². The molecule has 0 bridgehead atoms. The Morgan fingerprint density at radius 3 is 2.70 bits per heavy atom. The SMILES string of the molecule is Fc1cccc(Cn2ncc3cc(Nc4ncnc5ccc(-c6ccn(CCN7CCCC7)c6)cc45)ccc32)c1. The van der Waals surface area contributed by atoms with Crippen LogP contribution in [0.5, 0.6) is 0 Å². The number of nitrogens with one attached hydrogen (secondary N) is 1. The van der Waals surface area contributed by atoms with Gasteiger partial charge in [0.15, 0.2) is 0 Å². The van der Waals surface area contributed by atoms with Crippen molar-refractivity contribution in [3.8, 4) is 11.1 Å². The minimum atomic E-state index is -0.240. The van der Waals surface area contributed by atoms with Gasteiger partial charge in [-0.3, -0.25) is 4.68 Å². The van der Waals surface area contributed by atoms with Gasteiger partial charge in [0.05, 0.1) is 23.8 Å². The first-order valence-electron chi connectivity index (χ1n) is 13.8. The molecule has 4 heterocycles. The summed E-state index contributed by atoms with van der Waals surface area (Å²) in [6, 6.07) is 21.3. The lowest BCUT2D eigenvalue weighted by molar-refractivity contribution is 0.323. The molecule has 8 heteroatoms. The molecule has 0 aliphatic carbocycles. The molecule has 0 radical (unpaired) electrons. The molecule has 40 heavy (non-hydrogen) atoms. The van der Waals surface area contributed by atoms with Gasteiger partial charge in [-0.25, -0.2) is 14.4 Å². The molecule has 0 spiro atoms. The van der Waals surface area contributed by atoms with Crippen LogP contribution in [0.1, 0.15) is 18.4 Å². The second kappa shape index (κ2) is 10.5. The number of hydrogen-bond acceptors (Lipinski definition) is 5. The highest BCUT2D eigenvalue weighted by Gasteiger charge is 2.12.